The smallest absolute Gasteiger partial charge is 0.256 e. The van der Waals surface area contributed by atoms with Gasteiger partial charge in [-0.25, -0.2) is 9.97 Å². The van der Waals surface area contributed by atoms with Crippen molar-refractivity contribution in [2.45, 2.75) is 38.5 Å². The summed E-state index contributed by atoms with van der Waals surface area (Å²) in [4.78, 5) is 28.4. The lowest BCUT2D eigenvalue weighted by atomic mass is 10.0. The summed E-state index contributed by atoms with van der Waals surface area (Å²) in [6, 6.07) is 12.7. The highest BCUT2D eigenvalue weighted by molar-refractivity contribution is 6.04. The second-order valence-electron chi connectivity index (χ2n) is 8.70. The Labute approximate surface area is 204 Å². The number of anilines is 1. The highest BCUT2D eigenvalue weighted by atomic mass is 16.3. The molecule has 2 N–H and O–H groups in total. The van der Waals surface area contributed by atoms with Crippen LogP contribution in [0, 0.1) is 6.92 Å². The predicted octanol–water partition coefficient (Wildman–Crippen LogP) is 4.38. The van der Waals surface area contributed by atoms with Crippen LogP contribution in [0.3, 0.4) is 0 Å². The summed E-state index contributed by atoms with van der Waals surface area (Å²) < 4.78 is 2.08. The SMILES string of the molecule is C=CC(O)N1CCCC[C@H]1c1nc(-c2ccc(C(=O)Nc3ccccn3)cc2)c2c(C)nccn12. The van der Waals surface area contributed by atoms with Gasteiger partial charge < -0.3 is 10.4 Å². The predicted molar refractivity (Wildman–Crippen MR) is 135 cm³/mol. The Morgan fingerprint density at radius 1 is 1.17 bits per heavy atom. The van der Waals surface area contributed by atoms with Crippen LogP contribution in [0.25, 0.3) is 16.8 Å². The molecule has 8 nitrogen and oxygen atoms in total. The average Bonchev–Trinajstić information content (AvgIpc) is 3.30. The number of piperidine rings is 1. The second kappa shape index (κ2) is 9.77. The molecule has 4 heterocycles. The van der Waals surface area contributed by atoms with E-state index < -0.39 is 6.23 Å². The first-order valence-corrected chi connectivity index (χ1v) is 11.8. The summed E-state index contributed by atoms with van der Waals surface area (Å²) in [6.45, 7) is 6.53. The first-order valence-electron chi connectivity index (χ1n) is 11.8. The van der Waals surface area contributed by atoms with E-state index in [0.29, 0.717) is 11.4 Å². The highest BCUT2D eigenvalue weighted by Gasteiger charge is 2.32. The number of amides is 1. The van der Waals surface area contributed by atoms with Gasteiger partial charge in [0.05, 0.1) is 22.9 Å². The number of carbonyl (C=O) groups excluding carboxylic acids is 1. The van der Waals surface area contributed by atoms with E-state index in [1.807, 2.05) is 31.3 Å². The van der Waals surface area contributed by atoms with Crippen LogP contribution in [-0.2, 0) is 0 Å². The minimum atomic E-state index is -0.726. The summed E-state index contributed by atoms with van der Waals surface area (Å²) in [5.41, 5.74) is 4.02. The fourth-order valence-corrected chi connectivity index (χ4v) is 4.74. The number of aromatic nitrogens is 4. The van der Waals surface area contributed by atoms with E-state index in [1.165, 1.54) is 0 Å². The molecular weight excluding hydrogens is 440 g/mol. The number of fused-ring (bicyclic) bond motifs is 1. The van der Waals surface area contributed by atoms with Crippen LogP contribution in [0.1, 0.15) is 47.2 Å². The molecule has 3 aromatic heterocycles. The number of pyridine rings is 1. The number of nitrogens with one attached hydrogen (secondary N) is 1. The molecule has 35 heavy (non-hydrogen) atoms. The van der Waals surface area contributed by atoms with Gasteiger partial charge in [0.1, 0.15) is 17.9 Å². The van der Waals surface area contributed by atoms with E-state index in [1.54, 1.807) is 42.7 Å². The van der Waals surface area contributed by atoms with Gasteiger partial charge in [0.15, 0.2) is 0 Å². The van der Waals surface area contributed by atoms with Gasteiger partial charge in [-0.15, -0.1) is 0 Å². The molecule has 8 heteroatoms. The van der Waals surface area contributed by atoms with Crippen molar-refractivity contribution in [2.24, 2.45) is 0 Å². The molecule has 4 aromatic rings. The van der Waals surface area contributed by atoms with Crippen molar-refractivity contribution in [2.75, 3.05) is 11.9 Å². The molecule has 1 aliphatic rings. The maximum atomic E-state index is 12.6. The molecule has 0 radical (unpaired) electrons. The number of aliphatic hydroxyl groups is 1. The number of aryl methyl sites for hydroxylation is 1. The van der Waals surface area contributed by atoms with E-state index in [2.05, 4.69) is 31.2 Å². The number of hydrogen-bond donors (Lipinski definition) is 2. The number of rotatable bonds is 6. The molecule has 1 fully saturated rings. The fraction of sp³-hybridized carbons (Fsp3) is 0.259. The van der Waals surface area contributed by atoms with Crippen LogP contribution in [0.15, 0.2) is 73.7 Å². The first-order chi connectivity index (χ1) is 17.1. The maximum absolute atomic E-state index is 12.6. The van der Waals surface area contributed by atoms with Crippen molar-refractivity contribution < 1.29 is 9.90 Å². The normalized spacial score (nSPS) is 17.3. The molecule has 0 bridgehead atoms. The van der Waals surface area contributed by atoms with Crippen LogP contribution in [0.2, 0.25) is 0 Å². The summed E-state index contributed by atoms with van der Waals surface area (Å²) >= 11 is 0. The number of imidazole rings is 1. The number of benzene rings is 1. The molecule has 0 aliphatic carbocycles. The zero-order valence-electron chi connectivity index (χ0n) is 19.6. The lowest BCUT2D eigenvalue weighted by Crippen LogP contribution is -2.41. The molecule has 1 aliphatic heterocycles. The van der Waals surface area contributed by atoms with Gasteiger partial charge in [-0.2, -0.15) is 0 Å². The number of likely N-dealkylation sites (tertiary alicyclic amines) is 1. The molecule has 5 rings (SSSR count). The van der Waals surface area contributed by atoms with Gasteiger partial charge in [0, 0.05) is 36.3 Å². The van der Waals surface area contributed by atoms with Crippen molar-refractivity contribution in [1.82, 2.24) is 24.3 Å². The van der Waals surface area contributed by atoms with Gasteiger partial charge in [-0.3, -0.25) is 19.1 Å². The number of hydrogen-bond acceptors (Lipinski definition) is 6. The molecule has 2 atom stereocenters. The molecule has 0 saturated carbocycles. The third-order valence-corrected chi connectivity index (χ3v) is 6.48. The van der Waals surface area contributed by atoms with E-state index in [0.717, 1.165) is 54.1 Å². The largest absolute Gasteiger partial charge is 0.375 e. The number of carbonyl (C=O) groups is 1. The molecule has 1 amide bonds. The second-order valence-corrected chi connectivity index (χ2v) is 8.70. The van der Waals surface area contributed by atoms with Crippen molar-refractivity contribution in [1.29, 1.82) is 0 Å². The van der Waals surface area contributed by atoms with Crippen molar-refractivity contribution in [3.05, 3.63) is 90.8 Å². The van der Waals surface area contributed by atoms with Crippen LogP contribution < -0.4 is 5.32 Å². The Hall–Kier alpha value is -3.88. The highest BCUT2D eigenvalue weighted by Crippen LogP contribution is 2.36. The standard InChI is InChI=1S/C27H28N6O2/c1-3-23(34)32-16-7-5-8-21(32)26-31-24(25-18(2)28-15-17-33(25)26)19-10-12-20(13-11-19)27(35)30-22-9-4-6-14-29-22/h3-4,6,9-15,17,21,23,34H,1,5,7-8,16H2,2H3,(H,29,30,35)/t21-,23?/m0/s1. The molecule has 1 unspecified atom stereocenters. The minimum absolute atomic E-state index is 0.0387. The summed E-state index contributed by atoms with van der Waals surface area (Å²) in [5, 5.41) is 13.4. The van der Waals surface area contributed by atoms with Crippen LogP contribution in [0.4, 0.5) is 5.82 Å². The monoisotopic (exact) mass is 468 g/mol. The Morgan fingerprint density at radius 3 is 2.74 bits per heavy atom. The van der Waals surface area contributed by atoms with Crippen LogP contribution in [-0.4, -0.2) is 48.0 Å². The Morgan fingerprint density at radius 2 is 2.00 bits per heavy atom. The molecule has 1 saturated heterocycles. The van der Waals surface area contributed by atoms with Gasteiger partial charge in [0.25, 0.3) is 5.91 Å². The van der Waals surface area contributed by atoms with Crippen molar-refractivity contribution >= 4 is 17.2 Å². The van der Waals surface area contributed by atoms with Crippen LogP contribution in [0.5, 0.6) is 0 Å². The quantitative estimate of drug-likeness (QED) is 0.408. The lowest BCUT2D eigenvalue weighted by molar-refractivity contribution is -0.0128. The van der Waals surface area contributed by atoms with E-state index in [-0.39, 0.29) is 11.9 Å². The minimum Gasteiger partial charge on any atom is -0.375 e. The zero-order chi connectivity index (χ0) is 24.4. The zero-order valence-corrected chi connectivity index (χ0v) is 19.6. The van der Waals surface area contributed by atoms with E-state index >= 15 is 0 Å². The van der Waals surface area contributed by atoms with Gasteiger partial charge in [-0.05, 0) is 50.1 Å². The van der Waals surface area contributed by atoms with Crippen LogP contribution >= 0.6 is 0 Å². The third kappa shape index (κ3) is 4.45. The first kappa shape index (κ1) is 22.9. The average molecular weight is 469 g/mol. The van der Waals surface area contributed by atoms with E-state index in [4.69, 9.17) is 4.98 Å². The molecular formula is C27H28N6O2. The van der Waals surface area contributed by atoms with Gasteiger partial charge in [0.2, 0.25) is 0 Å². The summed E-state index contributed by atoms with van der Waals surface area (Å²) in [7, 11) is 0. The Balaban J connectivity index is 1.51. The van der Waals surface area contributed by atoms with Crippen molar-refractivity contribution in [3.63, 3.8) is 0 Å². The maximum Gasteiger partial charge on any atom is 0.256 e. The molecule has 0 spiro atoms. The number of nitrogens with zero attached hydrogens (tertiary/aromatic N) is 5. The fourth-order valence-electron chi connectivity index (χ4n) is 4.74. The Kier molecular flexibility index (Phi) is 6.39. The number of aliphatic hydroxyl groups excluding tert-OH is 1. The van der Waals surface area contributed by atoms with E-state index in [9.17, 15) is 9.90 Å². The van der Waals surface area contributed by atoms with Crippen molar-refractivity contribution in [3.8, 4) is 11.3 Å². The lowest BCUT2D eigenvalue weighted by Gasteiger charge is -2.37. The Bertz CT molecular complexity index is 1350. The summed E-state index contributed by atoms with van der Waals surface area (Å²) in [6.07, 6.45) is 9.18. The molecule has 1 aromatic carbocycles. The third-order valence-electron chi connectivity index (χ3n) is 6.48. The van der Waals surface area contributed by atoms with Gasteiger partial charge in [-0.1, -0.05) is 31.2 Å². The topological polar surface area (TPSA) is 95.6 Å². The van der Waals surface area contributed by atoms with Gasteiger partial charge >= 0.3 is 0 Å². The molecule has 178 valence electrons. The summed E-state index contributed by atoms with van der Waals surface area (Å²) in [5.74, 6) is 1.16.